The van der Waals surface area contributed by atoms with Gasteiger partial charge in [0.1, 0.15) is 0 Å². The van der Waals surface area contributed by atoms with Gasteiger partial charge >= 0.3 is 0 Å². The molecule has 1 unspecified atom stereocenters. The third-order valence-electron chi connectivity index (χ3n) is 6.76. The third kappa shape index (κ3) is 3.19. The van der Waals surface area contributed by atoms with E-state index in [0.717, 1.165) is 31.3 Å². The summed E-state index contributed by atoms with van der Waals surface area (Å²) in [5.41, 5.74) is 2.90. The molecule has 0 amide bonds. The van der Waals surface area contributed by atoms with E-state index in [1.165, 1.54) is 24.8 Å². The molecule has 126 valence electrons. The molecule has 0 heterocycles. The van der Waals surface area contributed by atoms with Crippen molar-refractivity contribution in [2.24, 2.45) is 22.7 Å². The zero-order valence-corrected chi connectivity index (χ0v) is 14.5. The smallest absolute Gasteiger partial charge is 0.0487 e. The largest absolute Gasteiger partial charge is 0.396 e. The van der Waals surface area contributed by atoms with E-state index in [1.807, 2.05) is 0 Å². The van der Waals surface area contributed by atoms with E-state index in [1.54, 1.807) is 0 Å². The SMILES string of the molecule is C=C(CCO)CCC1C(=C)CC[C@H]2[C@@](C)(CO)CCC[C@]12C. The van der Waals surface area contributed by atoms with Crippen molar-refractivity contribution in [2.75, 3.05) is 13.2 Å². The molecule has 22 heavy (non-hydrogen) atoms. The number of fused-ring (bicyclic) bond motifs is 1. The van der Waals surface area contributed by atoms with Crippen molar-refractivity contribution >= 4 is 0 Å². The molecule has 0 aromatic heterocycles. The Morgan fingerprint density at radius 3 is 2.59 bits per heavy atom. The Balaban J connectivity index is 2.17. The topological polar surface area (TPSA) is 40.5 Å². The van der Waals surface area contributed by atoms with Gasteiger partial charge in [0, 0.05) is 13.2 Å². The van der Waals surface area contributed by atoms with Crippen molar-refractivity contribution in [1.29, 1.82) is 0 Å². The molecule has 2 aliphatic carbocycles. The Bertz CT molecular complexity index is 427. The summed E-state index contributed by atoms with van der Waals surface area (Å²) in [6.07, 6.45) is 8.71. The zero-order valence-electron chi connectivity index (χ0n) is 14.5. The van der Waals surface area contributed by atoms with Crippen molar-refractivity contribution < 1.29 is 10.2 Å². The van der Waals surface area contributed by atoms with E-state index < -0.39 is 0 Å². The number of aliphatic hydroxyl groups excluding tert-OH is 2. The maximum Gasteiger partial charge on any atom is 0.0487 e. The highest BCUT2D eigenvalue weighted by Crippen LogP contribution is 2.61. The molecule has 0 bridgehead atoms. The van der Waals surface area contributed by atoms with Gasteiger partial charge in [-0.05, 0) is 67.6 Å². The van der Waals surface area contributed by atoms with Crippen LogP contribution >= 0.6 is 0 Å². The molecule has 4 atom stereocenters. The fraction of sp³-hybridized carbons (Fsp3) is 0.800. The second-order valence-electron chi connectivity index (χ2n) is 8.24. The Morgan fingerprint density at radius 1 is 1.23 bits per heavy atom. The van der Waals surface area contributed by atoms with Crippen molar-refractivity contribution in [1.82, 2.24) is 0 Å². The molecule has 0 saturated heterocycles. The lowest BCUT2D eigenvalue weighted by atomic mass is 9.47. The number of allylic oxidation sites excluding steroid dienone is 1. The van der Waals surface area contributed by atoms with Crippen LogP contribution in [0.2, 0.25) is 0 Å². The van der Waals surface area contributed by atoms with Gasteiger partial charge < -0.3 is 10.2 Å². The van der Waals surface area contributed by atoms with Gasteiger partial charge in [-0.1, -0.05) is 44.6 Å². The Labute approximate surface area is 136 Å². The van der Waals surface area contributed by atoms with Crippen molar-refractivity contribution in [3.05, 3.63) is 24.3 Å². The van der Waals surface area contributed by atoms with Gasteiger partial charge in [-0.3, -0.25) is 0 Å². The van der Waals surface area contributed by atoms with E-state index in [0.29, 0.717) is 24.9 Å². The first kappa shape index (κ1) is 17.7. The lowest BCUT2D eigenvalue weighted by Gasteiger charge is -2.58. The lowest BCUT2D eigenvalue weighted by Crippen LogP contribution is -2.51. The predicted molar refractivity (Wildman–Crippen MR) is 92.6 cm³/mol. The summed E-state index contributed by atoms with van der Waals surface area (Å²) in [6, 6.07) is 0. The molecule has 2 nitrogen and oxygen atoms in total. The van der Waals surface area contributed by atoms with Gasteiger partial charge in [0.15, 0.2) is 0 Å². The zero-order chi connectivity index (χ0) is 16.4. The Morgan fingerprint density at radius 2 is 1.95 bits per heavy atom. The van der Waals surface area contributed by atoms with Gasteiger partial charge in [0.2, 0.25) is 0 Å². The van der Waals surface area contributed by atoms with E-state index in [4.69, 9.17) is 5.11 Å². The molecule has 2 rings (SSSR count). The van der Waals surface area contributed by atoms with Crippen LogP contribution in [-0.2, 0) is 0 Å². The molecule has 2 saturated carbocycles. The molecular weight excluding hydrogens is 272 g/mol. The van der Waals surface area contributed by atoms with Crippen LogP contribution in [0.5, 0.6) is 0 Å². The number of rotatable bonds is 6. The highest BCUT2D eigenvalue weighted by molar-refractivity contribution is 5.17. The summed E-state index contributed by atoms with van der Waals surface area (Å²) in [5, 5.41) is 19.0. The second kappa shape index (κ2) is 6.88. The van der Waals surface area contributed by atoms with Gasteiger partial charge in [-0.15, -0.1) is 0 Å². The summed E-state index contributed by atoms with van der Waals surface area (Å²) in [7, 11) is 0. The fourth-order valence-electron chi connectivity index (χ4n) is 5.44. The minimum Gasteiger partial charge on any atom is -0.396 e. The molecule has 0 aliphatic heterocycles. The minimum atomic E-state index is 0.0774. The summed E-state index contributed by atoms with van der Waals surface area (Å²) < 4.78 is 0. The number of aliphatic hydroxyl groups is 2. The summed E-state index contributed by atoms with van der Waals surface area (Å²) >= 11 is 0. The van der Waals surface area contributed by atoms with E-state index in [2.05, 4.69) is 27.0 Å². The fourth-order valence-corrected chi connectivity index (χ4v) is 5.44. The van der Waals surface area contributed by atoms with Crippen molar-refractivity contribution in [2.45, 2.75) is 65.2 Å². The van der Waals surface area contributed by atoms with Crippen LogP contribution in [-0.4, -0.2) is 23.4 Å². The maximum absolute atomic E-state index is 9.98. The standard InChI is InChI=1S/C20H34O2/c1-15(10-13-21)6-8-17-16(2)7-9-18-19(3,14-22)11-5-12-20(17,18)4/h17-18,21-22H,1-2,5-14H2,3-4H3/t17?,18-,19+,20+/m0/s1. The van der Waals surface area contributed by atoms with Crippen LogP contribution in [0.15, 0.2) is 24.3 Å². The normalized spacial score (nSPS) is 38.6. The average molecular weight is 306 g/mol. The van der Waals surface area contributed by atoms with Crippen LogP contribution < -0.4 is 0 Å². The van der Waals surface area contributed by atoms with Gasteiger partial charge in [0.25, 0.3) is 0 Å². The van der Waals surface area contributed by atoms with Crippen LogP contribution in [0, 0.1) is 22.7 Å². The van der Waals surface area contributed by atoms with Gasteiger partial charge in [-0.25, -0.2) is 0 Å². The number of hydrogen-bond donors (Lipinski definition) is 2. The Hall–Kier alpha value is -0.600. The quantitative estimate of drug-likeness (QED) is 0.710. The predicted octanol–water partition coefficient (Wildman–Crippen LogP) is 4.48. The molecule has 2 aliphatic rings. The lowest BCUT2D eigenvalue weighted by molar-refractivity contribution is -0.0858. The minimum absolute atomic E-state index is 0.0774. The highest BCUT2D eigenvalue weighted by atomic mass is 16.3. The molecule has 0 aromatic rings. The molecular formula is C20H34O2. The summed E-state index contributed by atoms with van der Waals surface area (Å²) in [4.78, 5) is 0. The van der Waals surface area contributed by atoms with Crippen LogP contribution in [0.4, 0.5) is 0 Å². The molecule has 0 radical (unpaired) electrons. The molecule has 0 aromatic carbocycles. The maximum atomic E-state index is 9.98. The summed E-state index contributed by atoms with van der Waals surface area (Å²) in [6.45, 7) is 13.7. The molecule has 2 N–H and O–H groups in total. The highest BCUT2D eigenvalue weighted by Gasteiger charge is 2.53. The first-order valence-electron chi connectivity index (χ1n) is 8.93. The Kier molecular flexibility index (Phi) is 5.55. The monoisotopic (exact) mass is 306 g/mol. The van der Waals surface area contributed by atoms with Gasteiger partial charge in [0.05, 0.1) is 0 Å². The second-order valence-corrected chi connectivity index (χ2v) is 8.24. The third-order valence-corrected chi connectivity index (χ3v) is 6.76. The summed E-state index contributed by atoms with van der Waals surface area (Å²) in [5.74, 6) is 1.13. The van der Waals surface area contributed by atoms with E-state index in [-0.39, 0.29) is 17.4 Å². The molecule has 2 heteroatoms. The molecule has 0 spiro atoms. The van der Waals surface area contributed by atoms with Crippen LogP contribution in [0.25, 0.3) is 0 Å². The van der Waals surface area contributed by atoms with Crippen LogP contribution in [0.3, 0.4) is 0 Å². The first-order valence-corrected chi connectivity index (χ1v) is 8.93. The van der Waals surface area contributed by atoms with E-state index >= 15 is 0 Å². The van der Waals surface area contributed by atoms with Crippen LogP contribution in [0.1, 0.15) is 65.2 Å². The average Bonchev–Trinajstić information content (AvgIpc) is 2.46. The van der Waals surface area contributed by atoms with Gasteiger partial charge in [-0.2, -0.15) is 0 Å². The van der Waals surface area contributed by atoms with Crippen molar-refractivity contribution in [3.8, 4) is 0 Å². The first-order chi connectivity index (χ1) is 10.4. The van der Waals surface area contributed by atoms with E-state index in [9.17, 15) is 5.11 Å². The molecule has 2 fully saturated rings. The van der Waals surface area contributed by atoms with Crippen molar-refractivity contribution in [3.63, 3.8) is 0 Å². The number of hydrogen-bond acceptors (Lipinski definition) is 2.